The summed E-state index contributed by atoms with van der Waals surface area (Å²) in [5.74, 6) is 0. The van der Waals surface area contributed by atoms with Crippen molar-refractivity contribution in [2.24, 2.45) is 0 Å². The topological polar surface area (TPSA) is 99.1 Å². The molecule has 4 heterocycles. The number of benzene rings is 2. The van der Waals surface area contributed by atoms with Gasteiger partial charge in [-0.25, -0.2) is 9.97 Å². The maximum Gasteiger partial charge on any atom is 0.115 e. The van der Waals surface area contributed by atoms with E-state index < -0.39 is 0 Å². The smallest absolute Gasteiger partial charge is 0.115 e. The van der Waals surface area contributed by atoms with Crippen LogP contribution in [0.2, 0.25) is 0 Å². The van der Waals surface area contributed by atoms with E-state index in [1.165, 1.54) is 21.6 Å². The normalized spacial score (nSPS) is 10.5. The van der Waals surface area contributed by atoms with Gasteiger partial charge in [-0.05, 0) is 45.9 Å². The number of pyridine rings is 4. The van der Waals surface area contributed by atoms with Crippen molar-refractivity contribution in [3.63, 3.8) is 0 Å². The third-order valence-electron chi connectivity index (χ3n) is 6.51. The van der Waals surface area contributed by atoms with E-state index in [2.05, 4.69) is 32.1 Å². The number of hydrogen-bond donors (Lipinski definition) is 0. The molecule has 0 saturated carbocycles. The average Bonchev–Trinajstić information content (AvgIpc) is 3.08. The molecule has 0 atom stereocenters. The van der Waals surface area contributed by atoms with E-state index in [1.54, 1.807) is 24.8 Å². The van der Waals surface area contributed by atoms with E-state index in [0.717, 1.165) is 54.8 Å². The second-order valence-electron chi connectivity index (χ2n) is 9.06. The van der Waals surface area contributed by atoms with Gasteiger partial charge in [0.15, 0.2) is 0 Å². The molecule has 0 aliphatic rings. The second kappa shape index (κ2) is 12.5. The van der Waals surface area contributed by atoms with Gasteiger partial charge in [0.05, 0.1) is 22.5 Å². The predicted octanol–water partition coefficient (Wildman–Crippen LogP) is 8.48. The van der Waals surface area contributed by atoms with Gasteiger partial charge in [-0.2, -0.15) is 10.5 Å². The summed E-state index contributed by atoms with van der Waals surface area (Å²) in [4.78, 5) is 18.4. The lowest BCUT2D eigenvalue weighted by atomic mass is 10.0. The molecule has 0 radical (unpaired) electrons. The monoisotopic (exact) mass is 576 g/mol. The summed E-state index contributed by atoms with van der Waals surface area (Å²) in [6, 6.07) is 35.8. The Labute approximate surface area is 251 Å². The number of nitriles is 2. The van der Waals surface area contributed by atoms with Crippen molar-refractivity contribution >= 4 is 21.6 Å². The van der Waals surface area contributed by atoms with Crippen LogP contribution < -0.4 is 0 Å². The Morgan fingerprint density at radius 3 is 1.31 bits per heavy atom. The lowest BCUT2D eigenvalue weighted by Gasteiger charge is -2.13. The molecule has 0 aliphatic carbocycles. The van der Waals surface area contributed by atoms with Crippen LogP contribution in [0, 0.1) is 22.7 Å². The third kappa shape index (κ3) is 5.63. The molecule has 6 aromatic rings. The van der Waals surface area contributed by atoms with Crippen molar-refractivity contribution in [3.8, 4) is 56.9 Å². The first-order valence-corrected chi connectivity index (χ1v) is 15.1. The number of hydrogen-bond acceptors (Lipinski definition) is 8. The van der Waals surface area contributed by atoms with Crippen molar-refractivity contribution in [1.29, 1.82) is 10.5 Å². The van der Waals surface area contributed by atoms with Crippen LogP contribution in [-0.4, -0.2) is 19.9 Å². The highest BCUT2D eigenvalue weighted by molar-refractivity contribution is 8.76. The molecule has 8 heteroatoms. The summed E-state index contributed by atoms with van der Waals surface area (Å²) >= 11 is 0. The van der Waals surface area contributed by atoms with Crippen molar-refractivity contribution in [1.82, 2.24) is 19.9 Å². The quantitative estimate of drug-likeness (QED) is 0.175. The Bertz CT molecular complexity index is 1820. The van der Waals surface area contributed by atoms with Crippen LogP contribution in [0.5, 0.6) is 0 Å². The van der Waals surface area contributed by atoms with Crippen LogP contribution >= 0.6 is 21.6 Å². The Hall–Kier alpha value is -5.28. The average molecular weight is 577 g/mol. The maximum atomic E-state index is 9.89. The van der Waals surface area contributed by atoms with E-state index in [-0.39, 0.29) is 0 Å². The predicted molar refractivity (Wildman–Crippen MR) is 167 cm³/mol. The van der Waals surface area contributed by atoms with E-state index >= 15 is 0 Å². The van der Waals surface area contributed by atoms with Crippen molar-refractivity contribution in [2.75, 3.05) is 0 Å². The van der Waals surface area contributed by atoms with Gasteiger partial charge in [0.1, 0.15) is 22.2 Å². The summed E-state index contributed by atoms with van der Waals surface area (Å²) in [5, 5.41) is 21.3. The fourth-order valence-corrected chi connectivity index (χ4v) is 6.64. The summed E-state index contributed by atoms with van der Waals surface area (Å²) < 4.78 is 0. The van der Waals surface area contributed by atoms with E-state index in [1.807, 2.05) is 97.1 Å². The standard InChI is InChI=1S/C34H20N6S2/c35-19-25-21-39-31(23-9-3-1-4-10-23)17-29(25)27-13-7-15-37-33(27)41-42-34-28(14-8-16-38-34)30-18-32(40-22-26(30)20-36)24-11-5-2-6-12-24/h1-18,21-22H. The Morgan fingerprint density at radius 1 is 0.476 bits per heavy atom. The minimum Gasteiger partial charge on any atom is -0.255 e. The fraction of sp³-hybridized carbons (Fsp3) is 0. The summed E-state index contributed by atoms with van der Waals surface area (Å²) in [6.07, 6.45) is 6.69. The molecule has 6 nitrogen and oxygen atoms in total. The van der Waals surface area contributed by atoms with Gasteiger partial charge in [-0.15, -0.1) is 0 Å². The Morgan fingerprint density at radius 2 is 0.905 bits per heavy atom. The zero-order chi connectivity index (χ0) is 28.7. The number of aromatic nitrogens is 4. The zero-order valence-corrected chi connectivity index (χ0v) is 23.7. The molecule has 0 N–H and O–H groups in total. The molecular formula is C34H20N6S2. The van der Waals surface area contributed by atoms with Crippen LogP contribution in [0.3, 0.4) is 0 Å². The van der Waals surface area contributed by atoms with Gasteiger partial charge in [-0.3, -0.25) is 9.97 Å². The minimum atomic E-state index is 0.469. The number of rotatable bonds is 7. The molecule has 0 unspecified atom stereocenters. The third-order valence-corrected chi connectivity index (χ3v) is 8.76. The molecule has 0 saturated heterocycles. The number of nitrogens with zero attached hydrogens (tertiary/aromatic N) is 6. The highest BCUT2D eigenvalue weighted by atomic mass is 33.1. The second-order valence-corrected chi connectivity index (χ2v) is 11.2. The molecule has 0 amide bonds. The molecular weight excluding hydrogens is 557 g/mol. The first kappa shape index (κ1) is 26.9. The molecule has 198 valence electrons. The van der Waals surface area contributed by atoms with Crippen LogP contribution in [0.25, 0.3) is 44.8 Å². The molecule has 6 rings (SSSR count). The molecule has 0 fully saturated rings. The lowest BCUT2D eigenvalue weighted by molar-refractivity contribution is 1.13. The summed E-state index contributed by atoms with van der Waals surface area (Å²) in [6.45, 7) is 0. The zero-order valence-electron chi connectivity index (χ0n) is 22.0. The van der Waals surface area contributed by atoms with E-state index in [0.29, 0.717) is 11.1 Å². The van der Waals surface area contributed by atoms with Crippen molar-refractivity contribution in [2.45, 2.75) is 10.1 Å². The molecule has 0 bridgehead atoms. The van der Waals surface area contributed by atoms with Gasteiger partial charge in [0.2, 0.25) is 0 Å². The van der Waals surface area contributed by atoms with Crippen molar-refractivity contribution < 1.29 is 0 Å². The van der Waals surface area contributed by atoms with E-state index in [9.17, 15) is 10.5 Å². The van der Waals surface area contributed by atoms with E-state index in [4.69, 9.17) is 0 Å². The van der Waals surface area contributed by atoms with Gasteiger partial charge < -0.3 is 0 Å². The summed E-state index contributed by atoms with van der Waals surface area (Å²) in [5.41, 5.74) is 7.61. The minimum absolute atomic E-state index is 0.469. The van der Waals surface area contributed by atoms with Gasteiger partial charge in [-0.1, -0.05) is 72.8 Å². The van der Waals surface area contributed by atoms with Crippen LogP contribution in [0.15, 0.2) is 132 Å². The van der Waals surface area contributed by atoms with Gasteiger partial charge in [0, 0.05) is 58.2 Å². The first-order chi connectivity index (χ1) is 20.7. The fourth-order valence-electron chi connectivity index (χ4n) is 4.47. The Balaban J connectivity index is 1.36. The van der Waals surface area contributed by atoms with Crippen molar-refractivity contribution in [3.05, 3.63) is 133 Å². The molecule has 2 aromatic carbocycles. The molecule has 42 heavy (non-hydrogen) atoms. The summed E-state index contributed by atoms with van der Waals surface area (Å²) in [7, 11) is 2.91. The highest BCUT2D eigenvalue weighted by Crippen LogP contribution is 2.44. The van der Waals surface area contributed by atoms with Crippen LogP contribution in [-0.2, 0) is 0 Å². The van der Waals surface area contributed by atoms with Gasteiger partial charge in [0.25, 0.3) is 0 Å². The SMILES string of the molecule is N#Cc1cnc(-c2ccccc2)cc1-c1cccnc1SSc1ncccc1-c1cc(-c2ccccc2)ncc1C#N. The first-order valence-electron chi connectivity index (χ1n) is 12.9. The largest absolute Gasteiger partial charge is 0.255 e. The highest BCUT2D eigenvalue weighted by Gasteiger charge is 2.17. The van der Waals surface area contributed by atoms with Gasteiger partial charge >= 0.3 is 0 Å². The van der Waals surface area contributed by atoms with Crippen LogP contribution in [0.4, 0.5) is 0 Å². The van der Waals surface area contributed by atoms with Crippen LogP contribution in [0.1, 0.15) is 11.1 Å². The molecule has 0 aliphatic heterocycles. The molecule has 0 spiro atoms. The molecule has 4 aromatic heterocycles. The Kier molecular flexibility index (Phi) is 8.00. The maximum absolute atomic E-state index is 9.89. The lowest BCUT2D eigenvalue weighted by Crippen LogP contribution is -1.94.